The van der Waals surface area contributed by atoms with Gasteiger partial charge in [-0.2, -0.15) is 0 Å². The first-order chi connectivity index (χ1) is 21.5. The van der Waals surface area contributed by atoms with Crippen LogP contribution in [0, 0.1) is 0 Å². The van der Waals surface area contributed by atoms with E-state index in [-0.39, 0.29) is 17.3 Å². The molecule has 1 unspecified atom stereocenters. The highest BCUT2D eigenvalue weighted by molar-refractivity contribution is 5.80. The molecule has 0 saturated heterocycles. The number of rotatable bonds is 11. The maximum Gasteiger partial charge on any atom is 0.333 e. The lowest BCUT2D eigenvalue weighted by atomic mass is 9.98. The number of tetrazole rings is 1. The first-order valence-electron chi connectivity index (χ1n) is 15.2. The third kappa shape index (κ3) is 5.39. The smallest absolute Gasteiger partial charge is 0.318 e. The molecule has 0 spiro atoms. The van der Waals surface area contributed by atoms with Crippen molar-refractivity contribution in [1.29, 1.82) is 0 Å². The van der Waals surface area contributed by atoms with Crippen LogP contribution in [-0.2, 0) is 19.5 Å². The Morgan fingerprint density at radius 2 is 1.57 bits per heavy atom. The Bertz CT molecular complexity index is 1990. The summed E-state index contributed by atoms with van der Waals surface area (Å²) < 4.78 is 5.10. The number of nitrogens with one attached hydrogen (secondary N) is 1. The monoisotopic (exact) mass is 588 g/mol. The molecule has 0 fully saturated rings. The van der Waals surface area contributed by atoms with Gasteiger partial charge in [-0.25, -0.2) is 14.9 Å². The van der Waals surface area contributed by atoms with Gasteiger partial charge in [-0.3, -0.25) is 13.9 Å². The second-order valence-corrected chi connectivity index (χ2v) is 11.1. The lowest BCUT2D eigenvalue weighted by molar-refractivity contribution is 0.536. The van der Waals surface area contributed by atoms with Crippen LogP contribution in [0.1, 0.15) is 63.0 Å². The molecule has 3 aromatic carbocycles. The van der Waals surface area contributed by atoms with E-state index in [0.29, 0.717) is 42.9 Å². The minimum Gasteiger partial charge on any atom is -0.318 e. The number of benzene rings is 3. The molecule has 0 aliphatic heterocycles. The van der Waals surface area contributed by atoms with Crippen molar-refractivity contribution >= 4 is 11.2 Å². The molecule has 1 atom stereocenters. The Morgan fingerprint density at radius 3 is 2.25 bits per heavy atom. The van der Waals surface area contributed by atoms with Gasteiger partial charge in [0.1, 0.15) is 5.82 Å². The van der Waals surface area contributed by atoms with Gasteiger partial charge in [0.25, 0.3) is 5.56 Å². The maximum absolute atomic E-state index is 14.0. The topological polar surface area (TPSA) is 116 Å². The van der Waals surface area contributed by atoms with Crippen molar-refractivity contribution in [2.24, 2.45) is 0 Å². The second kappa shape index (κ2) is 12.6. The number of fused-ring (bicyclic) bond motifs is 1. The van der Waals surface area contributed by atoms with Crippen molar-refractivity contribution in [3.05, 3.63) is 117 Å². The summed E-state index contributed by atoms with van der Waals surface area (Å²) in [5.41, 5.74) is 5.27. The van der Waals surface area contributed by atoms with Crippen molar-refractivity contribution in [3.8, 4) is 22.5 Å². The van der Waals surface area contributed by atoms with Crippen LogP contribution in [0.25, 0.3) is 33.7 Å². The molecule has 0 aliphatic carbocycles. The molecule has 6 aromatic rings. The van der Waals surface area contributed by atoms with Gasteiger partial charge in [0.05, 0.1) is 6.04 Å². The quantitative estimate of drug-likeness (QED) is 0.210. The first kappa shape index (κ1) is 29.0. The van der Waals surface area contributed by atoms with E-state index in [1.165, 1.54) is 4.57 Å². The molecule has 0 radical (unpaired) electrons. The number of aryl methyl sites for hydroxylation is 1. The van der Waals surface area contributed by atoms with Gasteiger partial charge in [0.15, 0.2) is 17.0 Å². The minimum absolute atomic E-state index is 0.287. The van der Waals surface area contributed by atoms with Gasteiger partial charge in [-0.05, 0) is 52.4 Å². The largest absolute Gasteiger partial charge is 0.333 e. The number of hydrogen-bond donors (Lipinski definition) is 1. The Labute approximate surface area is 255 Å². The number of imidazole rings is 1. The predicted octanol–water partition coefficient (Wildman–Crippen LogP) is 5.62. The van der Waals surface area contributed by atoms with Gasteiger partial charge < -0.3 is 4.57 Å². The highest BCUT2D eigenvalue weighted by atomic mass is 16.2. The summed E-state index contributed by atoms with van der Waals surface area (Å²) in [6.07, 6.45) is 3.30. The van der Waals surface area contributed by atoms with Crippen molar-refractivity contribution in [3.63, 3.8) is 0 Å². The number of unbranched alkanes of at least 4 members (excludes halogenated alkanes) is 1. The van der Waals surface area contributed by atoms with Crippen LogP contribution < -0.4 is 11.2 Å². The highest BCUT2D eigenvalue weighted by Gasteiger charge is 2.24. The number of hydrogen-bond acceptors (Lipinski definition) is 6. The first-order valence-corrected chi connectivity index (χ1v) is 15.2. The molecule has 10 nitrogen and oxygen atoms in total. The number of nitrogens with zero attached hydrogens (tertiary/aromatic N) is 7. The third-order valence-electron chi connectivity index (χ3n) is 8.14. The van der Waals surface area contributed by atoms with Crippen LogP contribution in [0.4, 0.5) is 0 Å². The van der Waals surface area contributed by atoms with Crippen LogP contribution in [0.2, 0.25) is 0 Å². The summed E-state index contributed by atoms with van der Waals surface area (Å²) in [7, 11) is 0. The summed E-state index contributed by atoms with van der Waals surface area (Å²) in [6, 6.07) is 25.9. The fourth-order valence-corrected chi connectivity index (χ4v) is 5.83. The maximum atomic E-state index is 14.0. The van der Waals surface area contributed by atoms with Crippen LogP contribution in [0.5, 0.6) is 0 Å². The van der Waals surface area contributed by atoms with Gasteiger partial charge in [0, 0.05) is 25.1 Å². The van der Waals surface area contributed by atoms with E-state index in [2.05, 4.69) is 51.8 Å². The van der Waals surface area contributed by atoms with E-state index >= 15 is 0 Å². The fourth-order valence-electron chi connectivity index (χ4n) is 5.83. The summed E-state index contributed by atoms with van der Waals surface area (Å²) in [5.74, 6) is 1.42. The van der Waals surface area contributed by atoms with E-state index < -0.39 is 0 Å². The Hall–Kier alpha value is -5.12. The SMILES string of the molecule is CCCCc1nc2c(c(=O)n(CCC)c(=O)n2C(C)c2ccccc2)n1Cc1ccc(-c2ccccc2-c2nnn[nH]2)cc1. The molecule has 10 heteroatoms. The highest BCUT2D eigenvalue weighted by Crippen LogP contribution is 2.30. The Balaban J connectivity index is 1.47. The fraction of sp³-hybridized carbons (Fsp3) is 0.294. The summed E-state index contributed by atoms with van der Waals surface area (Å²) >= 11 is 0. The molecule has 0 amide bonds. The lowest BCUT2D eigenvalue weighted by Crippen LogP contribution is -2.41. The molecule has 0 aliphatic rings. The van der Waals surface area contributed by atoms with Gasteiger partial charge in [-0.1, -0.05) is 99.1 Å². The molecule has 1 N–H and O–H groups in total. The Kier molecular flexibility index (Phi) is 8.31. The molecule has 0 bridgehead atoms. The zero-order valence-electron chi connectivity index (χ0n) is 25.3. The normalized spacial score (nSPS) is 12.2. The van der Waals surface area contributed by atoms with Crippen molar-refractivity contribution in [1.82, 2.24) is 39.3 Å². The van der Waals surface area contributed by atoms with Gasteiger partial charge in [0.2, 0.25) is 0 Å². The van der Waals surface area contributed by atoms with Gasteiger partial charge in [-0.15, -0.1) is 5.10 Å². The zero-order valence-corrected chi connectivity index (χ0v) is 25.3. The molecule has 3 heterocycles. The molecule has 3 aromatic heterocycles. The van der Waals surface area contributed by atoms with Crippen LogP contribution in [-0.4, -0.2) is 39.3 Å². The number of aromatic nitrogens is 8. The van der Waals surface area contributed by atoms with Crippen LogP contribution in [0.3, 0.4) is 0 Å². The Morgan fingerprint density at radius 1 is 0.841 bits per heavy atom. The van der Waals surface area contributed by atoms with Crippen LogP contribution >= 0.6 is 0 Å². The standard InChI is InChI=1S/C34H36N8O2/c1-4-6-16-29-35-32-30(33(43)40(21-5-2)34(44)42(32)23(3)25-12-8-7-9-13-25)41(29)22-24-17-19-26(20-18-24)27-14-10-11-15-28(27)31-36-38-39-37-31/h7-15,17-20,23H,4-6,16,21-22H2,1-3H3,(H,36,37,38,39). The third-order valence-corrected chi connectivity index (χ3v) is 8.14. The molecule has 44 heavy (non-hydrogen) atoms. The summed E-state index contributed by atoms with van der Waals surface area (Å²) in [4.78, 5) is 32.9. The predicted molar refractivity (Wildman–Crippen MR) is 172 cm³/mol. The van der Waals surface area contributed by atoms with Crippen molar-refractivity contribution in [2.75, 3.05) is 0 Å². The summed E-state index contributed by atoms with van der Waals surface area (Å²) in [6.45, 7) is 6.92. The number of H-pyrrole nitrogens is 1. The zero-order chi connectivity index (χ0) is 30.6. The lowest BCUT2D eigenvalue weighted by Gasteiger charge is -2.18. The van der Waals surface area contributed by atoms with Gasteiger partial charge >= 0.3 is 5.69 Å². The average Bonchev–Trinajstić information content (AvgIpc) is 3.72. The summed E-state index contributed by atoms with van der Waals surface area (Å²) in [5, 5.41) is 14.4. The second-order valence-electron chi connectivity index (χ2n) is 11.1. The molecule has 6 rings (SSSR count). The molecular weight excluding hydrogens is 552 g/mol. The average molecular weight is 589 g/mol. The minimum atomic E-state index is -0.322. The molecule has 0 saturated carbocycles. The number of aromatic amines is 1. The van der Waals surface area contributed by atoms with Crippen molar-refractivity contribution in [2.45, 2.75) is 65.6 Å². The van der Waals surface area contributed by atoms with E-state index in [1.807, 2.05) is 73.0 Å². The van der Waals surface area contributed by atoms with E-state index in [9.17, 15) is 9.59 Å². The van der Waals surface area contributed by atoms with Crippen LogP contribution in [0.15, 0.2) is 88.5 Å². The molecule has 224 valence electrons. The molecular formula is C34H36N8O2. The van der Waals surface area contributed by atoms with E-state index in [1.54, 1.807) is 4.57 Å². The van der Waals surface area contributed by atoms with E-state index in [4.69, 9.17) is 4.98 Å². The van der Waals surface area contributed by atoms with E-state index in [0.717, 1.165) is 46.5 Å². The van der Waals surface area contributed by atoms with Crippen molar-refractivity contribution < 1.29 is 0 Å².